The van der Waals surface area contributed by atoms with Gasteiger partial charge in [-0.05, 0) is 141 Å². The Kier molecular flexibility index (Phi) is 56.0. The van der Waals surface area contributed by atoms with Crippen LogP contribution in [0.25, 0.3) is 0 Å². The first kappa shape index (κ1) is 68.3. The molecule has 0 aromatic heterocycles. The standard InChI is InChI=1S/C67H106O6/c1-4-7-10-13-16-19-22-25-28-31-33-36-39-42-45-48-51-54-57-60-66(69)72-63-64(62-71-65(68)59-56-53-50-47-44-41-38-35-30-27-24-21-18-15-12-9-6-3)73-67(70)61-58-55-52-49-46-43-40-37-34-32-29-26-23-20-17-14-11-8-5-2/h7,10,16-17,19-20,25-30,33-34,36-38,41-43,45-47,50,64H,4-6,8-9,11-15,18,21-24,31-32,35,39-40,44,48-49,51-63H2,1-3H3/b10-7-,19-16-,20-17-,28-25-,29-26-,30-27-,36-33-,37-34-,41-38-,45-42-,46-43-,50-47-/t64-/m0/s1. The number of ether oxygens (including phenoxy) is 3. The van der Waals surface area contributed by atoms with Gasteiger partial charge in [0.15, 0.2) is 6.10 Å². The van der Waals surface area contributed by atoms with Gasteiger partial charge in [-0.3, -0.25) is 14.4 Å². The van der Waals surface area contributed by atoms with Gasteiger partial charge in [0, 0.05) is 19.3 Å². The molecule has 0 N–H and O–H groups in total. The maximum absolute atomic E-state index is 12.9. The molecular formula is C67H106O6. The highest BCUT2D eigenvalue weighted by Crippen LogP contribution is 2.12. The van der Waals surface area contributed by atoms with Crippen LogP contribution in [-0.4, -0.2) is 37.2 Å². The molecule has 0 aromatic rings. The summed E-state index contributed by atoms with van der Waals surface area (Å²) in [5.74, 6) is -1.05. The quantitative estimate of drug-likeness (QED) is 0.0261. The molecule has 0 amide bonds. The predicted molar refractivity (Wildman–Crippen MR) is 315 cm³/mol. The Morgan fingerprint density at radius 2 is 0.548 bits per heavy atom. The zero-order chi connectivity index (χ0) is 52.9. The fourth-order valence-corrected chi connectivity index (χ4v) is 7.41. The SMILES string of the molecule is CC/C=C\C/C=C\C/C=C\C/C=C\C/C=C\CCCCCC(=O)OC[C@H](COC(=O)CCC/C=C\C/C=C\C/C=C\CCCCCCCC)OC(=O)CCCCC/C=C\C/C=C\C/C=C\C/C=C\CCCCC. The summed E-state index contributed by atoms with van der Waals surface area (Å²) in [7, 11) is 0. The van der Waals surface area contributed by atoms with Crippen LogP contribution < -0.4 is 0 Å². The van der Waals surface area contributed by atoms with E-state index in [0.717, 1.165) is 116 Å². The third kappa shape index (κ3) is 58.1. The summed E-state index contributed by atoms with van der Waals surface area (Å²) in [6, 6.07) is 0. The van der Waals surface area contributed by atoms with Crippen LogP contribution in [-0.2, 0) is 28.6 Å². The van der Waals surface area contributed by atoms with Crippen LogP contribution in [0.15, 0.2) is 146 Å². The second-order valence-electron chi connectivity index (χ2n) is 18.8. The van der Waals surface area contributed by atoms with Gasteiger partial charge in [-0.25, -0.2) is 0 Å². The van der Waals surface area contributed by atoms with Gasteiger partial charge in [0.1, 0.15) is 13.2 Å². The number of carbonyl (C=O) groups is 3. The fourth-order valence-electron chi connectivity index (χ4n) is 7.41. The van der Waals surface area contributed by atoms with Crippen LogP contribution in [0.5, 0.6) is 0 Å². The monoisotopic (exact) mass is 1010 g/mol. The molecule has 0 saturated carbocycles. The third-order valence-electron chi connectivity index (χ3n) is 11.8. The van der Waals surface area contributed by atoms with Crippen LogP contribution in [0.1, 0.15) is 239 Å². The molecule has 0 spiro atoms. The number of hydrogen-bond acceptors (Lipinski definition) is 6. The molecule has 6 heteroatoms. The molecular weight excluding hydrogens is 901 g/mol. The van der Waals surface area contributed by atoms with E-state index >= 15 is 0 Å². The number of carbonyl (C=O) groups excluding carboxylic acids is 3. The summed E-state index contributed by atoms with van der Waals surface area (Å²) in [5, 5.41) is 0. The zero-order valence-corrected chi connectivity index (χ0v) is 46.8. The molecule has 0 rings (SSSR count). The fraction of sp³-hybridized carbons (Fsp3) is 0.597. The van der Waals surface area contributed by atoms with E-state index in [1.165, 1.54) is 70.6 Å². The zero-order valence-electron chi connectivity index (χ0n) is 46.8. The first-order valence-corrected chi connectivity index (χ1v) is 29.3. The lowest BCUT2D eigenvalue weighted by Gasteiger charge is -2.18. The molecule has 0 saturated heterocycles. The van der Waals surface area contributed by atoms with E-state index in [4.69, 9.17) is 14.2 Å². The van der Waals surface area contributed by atoms with Crippen molar-refractivity contribution in [3.8, 4) is 0 Å². The van der Waals surface area contributed by atoms with Gasteiger partial charge in [0.2, 0.25) is 0 Å². The summed E-state index contributed by atoms with van der Waals surface area (Å²) < 4.78 is 16.8. The highest BCUT2D eigenvalue weighted by atomic mass is 16.6. The summed E-state index contributed by atoms with van der Waals surface area (Å²) in [5.41, 5.74) is 0. The van der Waals surface area contributed by atoms with Gasteiger partial charge in [-0.15, -0.1) is 0 Å². The lowest BCUT2D eigenvalue weighted by atomic mass is 10.1. The van der Waals surface area contributed by atoms with Crippen molar-refractivity contribution in [3.63, 3.8) is 0 Å². The highest BCUT2D eigenvalue weighted by molar-refractivity contribution is 5.71. The number of hydrogen-bond donors (Lipinski definition) is 0. The van der Waals surface area contributed by atoms with Crippen molar-refractivity contribution in [1.82, 2.24) is 0 Å². The Morgan fingerprint density at radius 3 is 0.918 bits per heavy atom. The topological polar surface area (TPSA) is 78.9 Å². The van der Waals surface area contributed by atoms with E-state index in [1.54, 1.807) is 0 Å². The van der Waals surface area contributed by atoms with Crippen molar-refractivity contribution < 1.29 is 28.6 Å². The largest absolute Gasteiger partial charge is 0.462 e. The number of rotatable bonds is 51. The highest BCUT2D eigenvalue weighted by Gasteiger charge is 2.19. The lowest BCUT2D eigenvalue weighted by molar-refractivity contribution is -0.167. The van der Waals surface area contributed by atoms with Crippen molar-refractivity contribution in [1.29, 1.82) is 0 Å². The van der Waals surface area contributed by atoms with Crippen LogP contribution >= 0.6 is 0 Å². The molecule has 0 unspecified atom stereocenters. The maximum Gasteiger partial charge on any atom is 0.306 e. The molecule has 410 valence electrons. The van der Waals surface area contributed by atoms with Gasteiger partial charge >= 0.3 is 17.9 Å². The molecule has 0 aromatic carbocycles. The van der Waals surface area contributed by atoms with E-state index in [-0.39, 0.29) is 44.0 Å². The molecule has 0 radical (unpaired) electrons. The van der Waals surface area contributed by atoms with Crippen molar-refractivity contribution in [2.45, 2.75) is 245 Å². The van der Waals surface area contributed by atoms with Crippen LogP contribution in [0.4, 0.5) is 0 Å². The minimum atomic E-state index is -0.837. The van der Waals surface area contributed by atoms with Gasteiger partial charge in [-0.2, -0.15) is 0 Å². The van der Waals surface area contributed by atoms with Gasteiger partial charge < -0.3 is 14.2 Å². The Bertz CT molecular complexity index is 1630. The molecule has 0 aliphatic rings. The van der Waals surface area contributed by atoms with Gasteiger partial charge in [-0.1, -0.05) is 224 Å². The third-order valence-corrected chi connectivity index (χ3v) is 11.8. The molecule has 0 heterocycles. The van der Waals surface area contributed by atoms with Crippen molar-refractivity contribution in [2.75, 3.05) is 13.2 Å². The molecule has 73 heavy (non-hydrogen) atoms. The van der Waals surface area contributed by atoms with Crippen LogP contribution in [0, 0.1) is 0 Å². The van der Waals surface area contributed by atoms with E-state index in [0.29, 0.717) is 19.3 Å². The first-order valence-electron chi connectivity index (χ1n) is 29.3. The Morgan fingerprint density at radius 1 is 0.288 bits per heavy atom. The van der Waals surface area contributed by atoms with E-state index < -0.39 is 6.10 Å². The molecule has 0 aliphatic heterocycles. The van der Waals surface area contributed by atoms with Crippen LogP contribution in [0.2, 0.25) is 0 Å². The smallest absolute Gasteiger partial charge is 0.306 e. The maximum atomic E-state index is 12.9. The van der Waals surface area contributed by atoms with Gasteiger partial charge in [0.25, 0.3) is 0 Å². The van der Waals surface area contributed by atoms with Crippen molar-refractivity contribution in [3.05, 3.63) is 146 Å². The molecule has 1 atom stereocenters. The molecule has 0 bridgehead atoms. The Hall–Kier alpha value is -4.71. The minimum Gasteiger partial charge on any atom is -0.462 e. The number of esters is 3. The van der Waals surface area contributed by atoms with Crippen LogP contribution in [0.3, 0.4) is 0 Å². The minimum absolute atomic E-state index is 0.130. The predicted octanol–water partition coefficient (Wildman–Crippen LogP) is 20.0. The first-order chi connectivity index (χ1) is 36.0. The average molecular weight is 1010 g/mol. The average Bonchev–Trinajstić information content (AvgIpc) is 3.39. The summed E-state index contributed by atoms with van der Waals surface area (Å²) >= 11 is 0. The molecule has 0 aliphatic carbocycles. The summed E-state index contributed by atoms with van der Waals surface area (Å²) in [6.07, 6.45) is 85.5. The van der Waals surface area contributed by atoms with E-state index in [2.05, 4.69) is 167 Å². The normalized spacial score (nSPS) is 13.2. The summed E-state index contributed by atoms with van der Waals surface area (Å²) in [6.45, 7) is 6.38. The second-order valence-corrected chi connectivity index (χ2v) is 18.8. The molecule has 6 nitrogen and oxygen atoms in total. The second kappa shape index (κ2) is 59.8. The van der Waals surface area contributed by atoms with Gasteiger partial charge in [0.05, 0.1) is 0 Å². The lowest BCUT2D eigenvalue weighted by Crippen LogP contribution is -2.30. The van der Waals surface area contributed by atoms with E-state index in [9.17, 15) is 14.4 Å². The van der Waals surface area contributed by atoms with Crippen molar-refractivity contribution in [2.24, 2.45) is 0 Å². The Balaban J connectivity index is 4.61. The van der Waals surface area contributed by atoms with E-state index in [1.807, 2.05) is 0 Å². The number of unbranched alkanes of at least 4 members (excludes halogenated alkanes) is 16. The summed E-state index contributed by atoms with van der Waals surface area (Å²) in [4.78, 5) is 38.2. The Labute approximate surface area is 448 Å². The number of allylic oxidation sites excluding steroid dienone is 24. The van der Waals surface area contributed by atoms with Crippen molar-refractivity contribution >= 4 is 17.9 Å². The molecule has 0 fully saturated rings.